The Hall–Kier alpha value is -1.62. The smallest absolute Gasteiger partial charge is 0.168 e. The molecule has 0 bridgehead atoms. The van der Waals surface area contributed by atoms with Gasteiger partial charge in [-0.1, -0.05) is 12.1 Å². The molecule has 0 amide bonds. The monoisotopic (exact) mass is 336 g/mol. The molecule has 0 aliphatic carbocycles. The molecule has 5 heteroatoms. The van der Waals surface area contributed by atoms with Gasteiger partial charge in [-0.2, -0.15) is 5.10 Å². The van der Waals surface area contributed by atoms with Gasteiger partial charge >= 0.3 is 0 Å². The Bertz CT molecular complexity index is 662. The van der Waals surface area contributed by atoms with Crippen molar-refractivity contribution in [1.29, 1.82) is 0 Å². The molecule has 2 aromatic rings. The summed E-state index contributed by atoms with van der Waals surface area (Å²) < 4.78 is 7.89. The average Bonchev–Trinajstić information content (AvgIpc) is 2.66. The second-order valence-electron chi connectivity index (χ2n) is 4.75. The highest BCUT2D eigenvalue weighted by Crippen LogP contribution is 2.24. The highest BCUT2D eigenvalue weighted by molar-refractivity contribution is 9.10. The molecule has 0 atom stereocenters. The maximum absolute atomic E-state index is 12.4. The summed E-state index contributed by atoms with van der Waals surface area (Å²) in [6.07, 6.45) is 0.310. The Kier molecular flexibility index (Phi) is 4.28. The van der Waals surface area contributed by atoms with Gasteiger partial charge in [0.15, 0.2) is 5.78 Å². The average molecular weight is 337 g/mol. The first-order valence-electron chi connectivity index (χ1n) is 6.30. The van der Waals surface area contributed by atoms with E-state index in [1.807, 2.05) is 33.0 Å². The zero-order valence-electron chi connectivity index (χ0n) is 12.0. The molecule has 1 aromatic carbocycles. The molecule has 2 rings (SSSR count). The number of rotatable bonds is 4. The summed E-state index contributed by atoms with van der Waals surface area (Å²) in [6.45, 7) is 3.86. The lowest BCUT2D eigenvalue weighted by atomic mass is 10.0. The van der Waals surface area contributed by atoms with E-state index in [9.17, 15) is 4.79 Å². The Morgan fingerprint density at radius 3 is 2.65 bits per heavy atom. The third-order valence-corrected chi connectivity index (χ3v) is 4.35. The van der Waals surface area contributed by atoms with Crippen LogP contribution in [0.5, 0.6) is 5.75 Å². The SMILES string of the molecule is COc1cc(C(=O)Cc2c(Br)c(C)nn2C)ccc1C. The number of carbonyl (C=O) groups is 1. The molecule has 0 saturated carbocycles. The summed E-state index contributed by atoms with van der Waals surface area (Å²) in [6, 6.07) is 5.52. The minimum Gasteiger partial charge on any atom is -0.496 e. The lowest BCUT2D eigenvalue weighted by molar-refractivity contribution is 0.0990. The van der Waals surface area contributed by atoms with Gasteiger partial charge in [0.2, 0.25) is 0 Å². The number of aromatic nitrogens is 2. The minimum atomic E-state index is 0.0481. The summed E-state index contributed by atoms with van der Waals surface area (Å²) in [5, 5.41) is 4.30. The first kappa shape index (κ1) is 14.8. The number of benzene rings is 1. The van der Waals surface area contributed by atoms with E-state index >= 15 is 0 Å². The van der Waals surface area contributed by atoms with E-state index in [0.29, 0.717) is 12.0 Å². The van der Waals surface area contributed by atoms with E-state index in [1.54, 1.807) is 17.9 Å². The normalized spacial score (nSPS) is 10.7. The molecular formula is C15H17BrN2O2. The molecule has 0 unspecified atom stereocenters. The van der Waals surface area contributed by atoms with Gasteiger partial charge in [-0.3, -0.25) is 9.48 Å². The Morgan fingerprint density at radius 2 is 2.10 bits per heavy atom. The predicted octanol–water partition coefficient (Wildman–Crippen LogP) is 3.23. The largest absolute Gasteiger partial charge is 0.496 e. The summed E-state index contributed by atoms with van der Waals surface area (Å²) in [4.78, 5) is 12.4. The summed E-state index contributed by atoms with van der Waals surface area (Å²) >= 11 is 3.48. The molecule has 0 aliphatic rings. The lowest BCUT2D eigenvalue weighted by Gasteiger charge is -2.07. The number of hydrogen-bond acceptors (Lipinski definition) is 3. The maximum Gasteiger partial charge on any atom is 0.168 e. The van der Waals surface area contributed by atoms with Crippen molar-refractivity contribution in [3.05, 3.63) is 45.2 Å². The highest BCUT2D eigenvalue weighted by atomic mass is 79.9. The van der Waals surface area contributed by atoms with Crippen molar-refractivity contribution in [1.82, 2.24) is 9.78 Å². The molecule has 0 saturated heterocycles. The Morgan fingerprint density at radius 1 is 1.40 bits per heavy atom. The number of methoxy groups -OCH3 is 1. The van der Waals surface area contributed by atoms with Gasteiger partial charge in [-0.15, -0.1) is 0 Å². The standard InChI is InChI=1S/C15H17BrN2O2/c1-9-5-6-11(7-14(9)20-4)13(19)8-12-15(16)10(2)17-18(12)3/h5-7H,8H2,1-4H3. The third kappa shape index (κ3) is 2.77. The fraction of sp³-hybridized carbons (Fsp3) is 0.333. The van der Waals surface area contributed by atoms with Crippen LogP contribution < -0.4 is 4.74 Å². The number of ketones is 1. The van der Waals surface area contributed by atoms with Crippen molar-refractivity contribution < 1.29 is 9.53 Å². The zero-order valence-corrected chi connectivity index (χ0v) is 13.6. The summed E-state index contributed by atoms with van der Waals surface area (Å²) in [7, 11) is 3.45. The first-order valence-corrected chi connectivity index (χ1v) is 7.09. The van der Waals surface area contributed by atoms with Gasteiger partial charge in [-0.25, -0.2) is 0 Å². The molecule has 0 N–H and O–H groups in total. The van der Waals surface area contributed by atoms with Crippen molar-refractivity contribution in [2.75, 3.05) is 7.11 Å². The molecule has 0 fully saturated rings. The van der Waals surface area contributed by atoms with Crippen LogP contribution in [0.1, 0.15) is 27.3 Å². The van der Waals surface area contributed by atoms with E-state index in [1.165, 1.54) is 0 Å². The highest BCUT2D eigenvalue weighted by Gasteiger charge is 2.16. The predicted molar refractivity (Wildman–Crippen MR) is 81.4 cm³/mol. The fourth-order valence-electron chi connectivity index (χ4n) is 2.12. The van der Waals surface area contributed by atoms with Crippen molar-refractivity contribution >= 4 is 21.7 Å². The second-order valence-corrected chi connectivity index (χ2v) is 5.55. The number of ether oxygens (including phenoxy) is 1. The molecule has 0 aliphatic heterocycles. The van der Waals surface area contributed by atoms with E-state index in [2.05, 4.69) is 21.0 Å². The van der Waals surface area contributed by atoms with Crippen molar-refractivity contribution in [2.24, 2.45) is 7.05 Å². The Labute approximate surface area is 126 Å². The van der Waals surface area contributed by atoms with Gasteiger partial charge in [-0.05, 0) is 41.4 Å². The topological polar surface area (TPSA) is 44.1 Å². The van der Waals surface area contributed by atoms with Crippen molar-refractivity contribution in [2.45, 2.75) is 20.3 Å². The van der Waals surface area contributed by atoms with Crippen LogP contribution in [0.3, 0.4) is 0 Å². The van der Waals surface area contributed by atoms with Crippen LogP contribution in [0.4, 0.5) is 0 Å². The van der Waals surface area contributed by atoms with Gasteiger partial charge in [0, 0.05) is 12.6 Å². The van der Waals surface area contributed by atoms with Crippen LogP contribution in [-0.4, -0.2) is 22.7 Å². The molecule has 20 heavy (non-hydrogen) atoms. The number of hydrogen-bond donors (Lipinski definition) is 0. The Balaban J connectivity index is 2.28. The van der Waals surface area contributed by atoms with Crippen LogP contribution >= 0.6 is 15.9 Å². The zero-order chi connectivity index (χ0) is 14.9. The van der Waals surface area contributed by atoms with Gasteiger partial charge in [0.25, 0.3) is 0 Å². The summed E-state index contributed by atoms with van der Waals surface area (Å²) in [5.74, 6) is 0.781. The second kappa shape index (κ2) is 5.79. The van der Waals surface area contributed by atoms with Gasteiger partial charge in [0.1, 0.15) is 5.75 Å². The molecule has 106 valence electrons. The number of aryl methyl sites for hydroxylation is 3. The van der Waals surface area contributed by atoms with Crippen molar-refractivity contribution in [3.63, 3.8) is 0 Å². The fourth-order valence-corrected chi connectivity index (χ4v) is 2.60. The molecular weight excluding hydrogens is 320 g/mol. The molecule has 1 aromatic heterocycles. The van der Waals surface area contributed by atoms with E-state index in [4.69, 9.17) is 4.74 Å². The van der Waals surface area contributed by atoms with Gasteiger partial charge < -0.3 is 4.74 Å². The van der Waals surface area contributed by atoms with Crippen molar-refractivity contribution in [3.8, 4) is 5.75 Å². The quantitative estimate of drug-likeness (QED) is 0.805. The number of carbonyl (C=O) groups excluding carboxylic acids is 1. The maximum atomic E-state index is 12.4. The minimum absolute atomic E-state index is 0.0481. The number of halogens is 1. The van der Waals surface area contributed by atoms with Crippen LogP contribution in [-0.2, 0) is 13.5 Å². The first-order chi connectivity index (χ1) is 9.43. The number of nitrogens with zero attached hydrogens (tertiary/aromatic N) is 2. The summed E-state index contributed by atoms with van der Waals surface area (Å²) in [5.41, 5.74) is 3.43. The van der Waals surface area contributed by atoms with E-state index < -0.39 is 0 Å². The van der Waals surface area contributed by atoms with Crippen LogP contribution in [0, 0.1) is 13.8 Å². The van der Waals surface area contributed by atoms with E-state index in [0.717, 1.165) is 27.2 Å². The molecule has 0 radical (unpaired) electrons. The molecule has 4 nitrogen and oxygen atoms in total. The molecule has 0 spiro atoms. The third-order valence-electron chi connectivity index (χ3n) is 3.32. The van der Waals surface area contributed by atoms with Crippen LogP contribution in [0.25, 0.3) is 0 Å². The van der Waals surface area contributed by atoms with Gasteiger partial charge in [0.05, 0.1) is 29.4 Å². The van der Waals surface area contributed by atoms with E-state index in [-0.39, 0.29) is 5.78 Å². The number of Topliss-reactive ketones (excluding diaryl/α,β-unsaturated/α-hetero) is 1. The lowest BCUT2D eigenvalue weighted by Crippen LogP contribution is -2.08. The van der Waals surface area contributed by atoms with Crippen LogP contribution in [0.15, 0.2) is 22.7 Å². The molecule has 1 heterocycles. The van der Waals surface area contributed by atoms with Crippen LogP contribution in [0.2, 0.25) is 0 Å².